The Morgan fingerprint density at radius 3 is 2.33 bits per heavy atom. The summed E-state index contributed by atoms with van der Waals surface area (Å²) in [6.45, 7) is 7.81. The van der Waals surface area contributed by atoms with Crippen LogP contribution < -0.4 is 5.32 Å². The van der Waals surface area contributed by atoms with Gasteiger partial charge in [0.1, 0.15) is 0 Å². The molecular weight excluding hydrogens is 150 g/mol. The minimum Gasteiger partial charge on any atom is -0.396 e. The molecule has 1 fully saturated rings. The topological polar surface area (TPSA) is 32.3 Å². The van der Waals surface area contributed by atoms with Crippen molar-refractivity contribution in [2.45, 2.75) is 39.7 Å². The Bertz CT molecular complexity index is 135. The molecule has 1 unspecified atom stereocenters. The molecule has 2 heteroatoms. The van der Waals surface area contributed by atoms with Crippen molar-refractivity contribution in [2.24, 2.45) is 11.3 Å². The fraction of sp³-hybridized carbons (Fsp3) is 1.00. The smallest absolute Gasteiger partial charge is 0.0476 e. The Hall–Kier alpha value is -0.0800. The molecule has 0 aromatic heterocycles. The summed E-state index contributed by atoms with van der Waals surface area (Å²) in [4.78, 5) is 0. The van der Waals surface area contributed by atoms with Gasteiger partial charge >= 0.3 is 0 Å². The summed E-state index contributed by atoms with van der Waals surface area (Å²) in [6, 6.07) is 0.751. The predicted molar refractivity (Wildman–Crippen MR) is 51.1 cm³/mol. The molecule has 2 N–H and O–H groups in total. The van der Waals surface area contributed by atoms with Crippen molar-refractivity contribution in [1.82, 2.24) is 5.32 Å². The lowest BCUT2D eigenvalue weighted by Gasteiger charge is -2.29. The van der Waals surface area contributed by atoms with Crippen molar-refractivity contribution in [3.8, 4) is 0 Å². The highest BCUT2D eigenvalue weighted by molar-refractivity contribution is 4.84. The molecule has 0 saturated heterocycles. The highest BCUT2D eigenvalue weighted by Gasteiger charge is 2.27. The molecule has 1 saturated carbocycles. The Morgan fingerprint density at radius 1 is 1.42 bits per heavy atom. The highest BCUT2D eigenvalue weighted by Crippen LogP contribution is 2.26. The maximum absolute atomic E-state index is 9.15. The molecular formula is C10H21NO. The van der Waals surface area contributed by atoms with E-state index in [4.69, 9.17) is 5.11 Å². The van der Waals surface area contributed by atoms with E-state index in [2.05, 4.69) is 26.1 Å². The first-order chi connectivity index (χ1) is 5.54. The minimum absolute atomic E-state index is 0.219. The average molecular weight is 171 g/mol. The van der Waals surface area contributed by atoms with Crippen LogP contribution in [0, 0.1) is 11.3 Å². The zero-order valence-corrected chi connectivity index (χ0v) is 8.43. The summed E-state index contributed by atoms with van der Waals surface area (Å²) in [5, 5.41) is 12.6. The summed E-state index contributed by atoms with van der Waals surface area (Å²) < 4.78 is 0. The van der Waals surface area contributed by atoms with E-state index in [0.29, 0.717) is 12.5 Å². The molecule has 2 nitrogen and oxygen atoms in total. The van der Waals surface area contributed by atoms with E-state index in [1.54, 1.807) is 0 Å². The van der Waals surface area contributed by atoms with Gasteiger partial charge in [0.15, 0.2) is 0 Å². The standard InChI is InChI=1S/C10H21NO/c1-10(2,3)8(7-12)6-11-9-4-5-9/h8-9,11-12H,4-7H2,1-3H3. The minimum atomic E-state index is 0.219. The summed E-state index contributed by atoms with van der Waals surface area (Å²) >= 11 is 0. The number of hydrogen-bond acceptors (Lipinski definition) is 2. The fourth-order valence-corrected chi connectivity index (χ4v) is 1.24. The van der Waals surface area contributed by atoms with Gasteiger partial charge in [-0.25, -0.2) is 0 Å². The van der Waals surface area contributed by atoms with Crippen molar-refractivity contribution in [3.63, 3.8) is 0 Å². The summed E-state index contributed by atoms with van der Waals surface area (Å²) in [5.74, 6) is 0.387. The number of nitrogens with one attached hydrogen (secondary N) is 1. The highest BCUT2D eigenvalue weighted by atomic mass is 16.3. The molecule has 0 heterocycles. The molecule has 0 bridgehead atoms. The Morgan fingerprint density at radius 2 is 2.00 bits per heavy atom. The van der Waals surface area contributed by atoms with Crippen LogP contribution in [0.3, 0.4) is 0 Å². The molecule has 1 aliphatic carbocycles. The number of aliphatic hydroxyl groups is 1. The molecule has 12 heavy (non-hydrogen) atoms. The Labute approximate surface area is 75.4 Å². The molecule has 1 aliphatic rings. The van der Waals surface area contributed by atoms with Gasteiger partial charge in [0, 0.05) is 19.2 Å². The molecule has 0 aromatic rings. The average Bonchev–Trinajstić information content (AvgIpc) is 2.69. The number of hydrogen-bond donors (Lipinski definition) is 2. The fourth-order valence-electron chi connectivity index (χ4n) is 1.24. The number of rotatable bonds is 4. The quantitative estimate of drug-likeness (QED) is 0.670. The van der Waals surface area contributed by atoms with Crippen molar-refractivity contribution in [2.75, 3.05) is 13.2 Å². The van der Waals surface area contributed by atoms with Gasteiger partial charge in [-0.3, -0.25) is 0 Å². The zero-order chi connectivity index (χ0) is 9.19. The van der Waals surface area contributed by atoms with E-state index in [0.717, 1.165) is 12.6 Å². The normalized spacial score (nSPS) is 21.0. The zero-order valence-electron chi connectivity index (χ0n) is 8.43. The van der Waals surface area contributed by atoms with Crippen molar-refractivity contribution in [3.05, 3.63) is 0 Å². The van der Waals surface area contributed by atoms with Crippen molar-refractivity contribution < 1.29 is 5.11 Å². The summed E-state index contributed by atoms with van der Waals surface area (Å²) in [7, 11) is 0. The van der Waals surface area contributed by atoms with Crippen LogP contribution >= 0.6 is 0 Å². The largest absolute Gasteiger partial charge is 0.396 e. The molecule has 0 amide bonds. The predicted octanol–water partition coefficient (Wildman–Crippen LogP) is 1.39. The van der Waals surface area contributed by atoms with Gasteiger partial charge in [0.25, 0.3) is 0 Å². The molecule has 0 aliphatic heterocycles. The van der Waals surface area contributed by atoms with Gasteiger partial charge in [-0.15, -0.1) is 0 Å². The van der Waals surface area contributed by atoms with Gasteiger partial charge in [0.2, 0.25) is 0 Å². The van der Waals surface area contributed by atoms with Crippen LogP contribution in [0.5, 0.6) is 0 Å². The molecule has 0 spiro atoms. The molecule has 1 rings (SSSR count). The molecule has 0 aromatic carbocycles. The first-order valence-corrected chi connectivity index (χ1v) is 4.88. The van der Waals surface area contributed by atoms with Crippen LogP contribution in [0.2, 0.25) is 0 Å². The van der Waals surface area contributed by atoms with Crippen LogP contribution in [-0.2, 0) is 0 Å². The van der Waals surface area contributed by atoms with Crippen molar-refractivity contribution in [1.29, 1.82) is 0 Å². The molecule has 72 valence electrons. The van der Waals surface area contributed by atoms with E-state index in [1.165, 1.54) is 12.8 Å². The maximum atomic E-state index is 9.15. The Kier molecular flexibility index (Phi) is 3.13. The second-order valence-corrected chi connectivity index (χ2v) is 4.93. The van der Waals surface area contributed by atoms with Crippen LogP contribution in [0.4, 0.5) is 0 Å². The van der Waals surface area contributed by atoms with Crippen LogP contribution in [0.15, 0.2) is 0 Å². The maximum Gasteiger partial charge on any atom is 0.0476 e. The second kappa shape index (κ2) is 3.75. The lowest BCUT2D eigenvalue weighted by Crippen LogP contribution is -2.35. The van der Waals surface area contributed by atoms with Gasteiger partial charge in [0.05, 0.1) is 0 Å². The summed E-state index contributed by atoms with van der Waals surface area (Å²) in [5.41, 5.74) is 0.219. The molecule has 1 atom stereocenters. The van der Waals surface area contributed by atoms with Gasteiger partial charge < -0.3 is 10.4 Å². The monoisotopic (exact) mass is 171 g/mol. The second-order valence-electron chi connectivity index (χ2n) is 4.93. The SMILES string of the molecule is CC(C)(C)C(CO)CNC1CC1. The van der Waals surface area contributed by atoms with Crippen LogP contribution in [-0.4, -0.2) is 24.3 Å². The Balaban J connectivity index is 2.23. The van der Waals surface area contributed by atoms with E-state index in [1.807, 2.05) is 0 Å². The lowest BCUT2D eigenvalue weighted by molar-refractivity contribution is 0.129. The third kappa shape index (κ3) is 3.11. The van der Waals surface area contributed by atoms with Gasteiger partial charge in [-0.05, 0) is 24.2 Å². The van der Waals surface area contributed by atoms with E-state index < -0.39 is 0 Å². The van der Waals surface area contributed by atoms with Gasteiger partial charge in [-0.2, -0.15) is 0 Å². The lowest BCUT2D eigenvalue weighted by atomic mass is 9.81. The van der Waals surface area contributed by atoms with Crippen molar-refractivity contribution >= 4 is 0 Å². The first kappa shape index (κ1) is 10.0. The van der Waals surface area contributed by atoms with E-state index in [-0.39, 0.29) is 5.41 Å². The third-order valence-electron chi connectivity index (χ3n) is 2.68. The van der Waals surface area contributed by atoms with E-state index in [9.17, 15) is 0 Å². The number of aliphatic hydroxyl groups excluding tert-OH is 1. The van der Waals surface area contributed by atoms with E-state index >= 15 is 0 Å². The molecule has 0 radical (unpaired) electrons. The van der Waals surface area contributed by atoms with Crippen LogP contribution in [0.1, 0.15) is 33.6 Å². The first-order valence-electron chi connectivity index (χ1n) is 4.88. The summed E-state index contributed by atoms with van der Waals surface area (Å²) in [6.07, 6.45) is 2.64. The van der Waals surface area contributed by atoms with Gasteiger partial charge in [-0.1, -0.05) is 20.8 Å². The third-order valence-corrected chi connectivity index (χ3v) is 2.68. The van der Waals surface area contributed by atoms with Crippen LogP contribution in [0.25, 0.3) is 0 Å².